The largest absolute Gasteiger partial charge is 0.396 e. The molecule has 0 aromatic heterocycles. The van der Waals surface area contributed by atoms with Gasteiger partial charge in [0.1, 0.15) is 0 Å². The first-order chi connectivity index (χ1) is 5.99. The summed E-state index contributed by atoms with van der Waals surface area (Å²) in [7, 11) is 0. The van der Waals surface area contributed by atoms with Crippen LogP contribution >= 0.6 is 0 Å². The minimum Gasteiger partial charge on any atom is -0.396 e. The van der Waals surface area contributed by atoms with Gasteiger partial charge in [-0.15, -0.1) is 0 Å². The summed E-state index contributed by atoms with van der Waals surface area (Å²) in [4.78, 5) is 0. The lowest BCUT2D eigenvalue weighted by molar-refractivity contribution is 0.0118. The highest BCUT2D eigenvalue weighted by atomic mass is 16.3. The van der Waals surface area contributed by atoms with Crippen LogP contribution in [0.15, 0.2) is 0 Å². The fraction of sp³-hybridized carbons (Fsp3) is 1.00. The minimum absolute atomic E-state index is 0.0126. The van der Waals surface area contributed by atoms with Gasteiger partial charge in [0, 0.05) is 18.7 Å². The highest BCUT2D eigenvalue weighted by Gasteiger charge is 2.21. The molecule has 0 saturated heterocycles. The lowest BCUT2D eigenvalue weighted by Gasteiger charge is -2.23. The van der Waals surface area contributed by atoms with E-state index in [2.05, 4.69) is 0 Å². The fourth-order valence-corrected chi connectivity index (χ4v) is 1.13. The Morgan fingerprint density at radius 3 is 2.15 bits per heavy atom. The van der Waals surface area contributed by atoms with Crippen LogP contribution in [0.2, 0.25) is 0 Å². The molecule has 0 radical (unpaired) electrons. The van der Waals surface area contributed by atoms with Gasteiger partial charge in [-0.25, -0.2) is 0 Å². The molecule has 5 heteroatoms. The molecule has 0 rings (SSSR count). The lowest BCUT2D eigenvalue weighted by atomic mass is 9.99. The van der Waals surface area contributed by atoms with E-state index in [1.54, 1.807) is 0 Å². The van der Waals surface area contributed by atoms with Gasteiger partial charge < -0.3 is 26.8 Å². The van der Waals surface area contributed by atoms with Crippen LogP contribution in [0.1, 0.15) is 19.8 Å². The second kappa shape index (κ2) is 6.28. The molecule has 0 aliphatic carbocycles. The molecule has 0 aliphatic rings. The van der Waals surface area contributed by atoms with E-state index in [9.17, 15) is 5.11 Å². The van der Waals surface area contributed by atoms with Gasteiger partial charge in [0.25, 0.3) is 0 Å². The van der Waals surface area contributed by atoms with Gasteiger partial charge in [0.2, 0.25) is 0 Å². The zero-order chi connectivity index (χ0) is 10.4. The molecule has 0 heterocycles. The van der Waals surface area contributed by atoms with Crippen molar-refractivity contribution in [3.05, 3.63) is 0 Å². The van der Waals surface area contributed by atoms with Crippen molar-refractivity contribution >= 4 is 0 Å². The van der Waals surface area contributed by atoms with E-state index < -0.39 is 18.2 Å². The Kier molecular flexibility index (Phi) is 6.19. The number of rotatable bonds is 6. The van der Waals surface area contributed by atoms with Crippen molar-refractivity contribution in [2.24, 2.45) is 11.5 Å². The molecule has 4 atom stereocenters. The Morgan fingerprint density at radius 2 is 1.77 bits per heavy atom. The summed E-state index contributed by atoms with van der Waals surface area (Å²) in [6.07, 6.45) is -0.951. The summed E-state index contributed by atoms with van der Waals surface area (Å²) < 4.78 is 0. The predicted molar refractivity (Wildman–Crippen MR) is 50.0 cm³/mol. The van der Waals surface area contributed by atoms with Crippen molar-refractivity contribution in [2.75, 3.05) is 6.61 Å². The van der Waals surface area contributed by atoms with E-state index >= 15 is 0 Å². The van der Waals surface area contributed by atoms with Gasteiger partial charge >= 0.3 is 0 Å². The first-order valence-electron chi connectivity index (χ1n) is 4.47. The van der Waals surface area contributed by atoms with Crippen LogP contribution in [0, 0.1) is 0 Å². The highest BCUT2D eigenvalue weighted by Crippen LogP contribution is 2.05. The summed E-state index contributed by atoms with van der Waals surface area (Å²) >= 11 is 0. The number of hydrogen-bond donors (Lipinski definition) is 5. The second-order valence-corrected chi connectivity index (χ2v) is 3.40. The number of aliphatic hydroxyl groups excluding tert-OH is 3. The van der Waals surface area contributed by atoms with Crippen molar-refractivity contribution in [1.82, 2.24) is 0 Å². The van der Waals surface area contributed by atoms with Crippen molar-refractivity contribution in [2.45, 2.75) is 44.1 Å². The number of nitrogens with two attached hydrogens (primary N) is 2. The maximum Gasteiger partial charge on any atom is 0.0947 e. The van der Waals surface area contributed by atoms with E-state index in [4.69, 9.17) is 21.7 Å². The van der Waals surface area contributed by atoms with Crippen LogP contribution < -0.4 is 11.5 Å². The normalized spacial score (nSPS) is 20.8. The first kappa shape index (κ1) is 12.8. The maximum atomic E-state index is 9.32. The minimum atomic E-state index is -0.954. The second-order valence-electron chi connectivity index (χ2n) is 3.40. The van der Waals surface area contributed by atoms with Crippen LogP contribution in [0.25, 0.3) is 0 Å². The molecule has 0 saturated carbocycles. The van der Waals surface area contributed by atoms with Crippen LogP contribution in [0.5, 0.6) is 0 Å². The SMILES string of the molecule is CC(O)C(O)C(N)CC(N)CCO. The molecule has 0 fully saturated rings. The van der Waals surface area contributed by atoms with Gasteiger partial charge in [0.15, 0.2) is 0 Å². The van der Waals surface area contributed by atoms with Crippen LogP contribution in [0.4, 0.5) is 0 Å². The Labute approximate surface area is 78.4 Å². The first-order valence-corrected chi connectivity index (χ1v) is 4.47. The Morgan fingerprint density at radius 1 is 1.23 bits per heavy atom. The maximum absolute atomic E-state index is 9.32. The zero-order valence-electron chi connectivity index (χ0n) is 7.93. The third kappa shape index (κ3) is 5.17. The molecule has 80 valence electrons. The van der Waals surface area contributed by atoms with Crippen molar-refractivity contribution < 1.29 is 15.3 Å². The quantitative estimate of drug-likeness (QED) is 0.339. The van der Waals surface area contributed by atoms with Crippen molar-refractivity contribution in [1.29, 1.82) is 0 Å². The molecule has 0 bridgehead atoms. The summed E-state index contributed by atoms with van der Waals surface area (Å²) in [5, 5.41) is 26.9. The summed E-state index contributed by atoms with van der Waals surface area (Å²) in [6, 6.07) is -0.769. The average molecular weight is 192 g/mol. The average Bonchev–Trinajstić information content (AvgIpc) is 2.03. The molecule has 0 aromatic carbocycles. The van der Waals surface area contributed by atoms with Gasteiger partial charge in [0.05, 0.1) is 12.2 Å². The van der Waals surface area contributed by atoms with Crippen molar-refractivity contribution in [3.63, 3.8) is 0 Å². The van der Waals surface area contributed by atoms with Gasteiger partial charge in [-0.2, -0.15) is 0 Å². The zero-order valence-corrected chi connectivity index (χ0v) is 7.93. The van der Waals surface area contributed by atoms with Crippen molar-refractivity contribution in [3.8, 4) is 0 Å². The van der Waals surface area contributed by atoms with E-state index in [0.717, 1.165) is 0 Å². The summed E-state index contributed by atoms with van der Waals surface area (Å²) in [5.41, 5.74) is 11.2. The monoisotopic (exact) mass is 192 g/mol. The molecule has 0 aromatic rings. The number of hydrogen-bond acceptors (Lipinski definition) is 5. The van der Waals surface area contributed by atoms with Gasteiger partial charge in [-0.05, 0) is 19.8 Å². The van der Waals surface area contributed by atoms with Crippen LogP contribution in [-0.4, -0.2) is 46.2 Å². The molecule has 5 nitrogen and oxygen atoms in total. The van der Waals surface area contributed by atoms with E-state index in [-0.39, 0.29) is 12.6 Å². The third-order valence-corrected chi connectivity index (χ3v) is 2.01. The van der Waals surface area contributed by atoms with Crippen LogP contribution in [-0.2, 0) is 0 Å². The standard InChI is InChI=1S/C8H20N2O3/c1-5(12)8(13)7(10)4-6(9)2-3-11/h5-8,11-13H,2-4,9-10H2,1H3. The molecule has 7 N–H and O–H groups in total. The van der Waals surface area contributed by atoms with E-state index in [1.165, 1.54) is 6.92 Å². The Bertz CT molecular complexity index is 133. The van der Waals surface area contributed by atoms with Crippen LogP contribution in [0.3, 0.4) is 0 Å². The number of aliphatic hydroxyl groups is 3. The predicted octanol–water partition coefficient (Wildman–Crippen LogP) is -1.84. The summed E-state index contributed by atoms with van der Waals surface area (Å²) in [5.74, 6) is 0. The van der Waals surface area contributed by atoms with E-state index in [1.807, 2.05) is 0 Å². The lowest BCUT2D eigenvalue weighted by Crippen LogP contribution is -2.45. The topological polar surface area (TPSA) is 113 Å². The highest BCUT2D eigenvalue weighted by molar-refractivity contribution is 4.80. The molecule has 4 unspecified atom stereocenters. The molecular formula is C8H20N2O3. The molecule has 13 heavy (non-hydrogen) atoms. The van der Waals surface area contributed by atoms with Gasteiger partial charge in [-0.1, -0.05) is 0 Å². The molecule has 0 amide bonds. The Balaban J connectivity index is 3.77. The van der Waals surface area contributed by atoms with E-state index in [0.29, 0.717) is 12.8 Å². The summed E-state index contributed by atoms with van der Waals surface area (Å²) in [6.45, 7) is 1.49. The third-order valence-electron chi connectivity index (χ3n) is 2.01. The van der Waals surface area contributed by atoms with Gasteiger partial charge in [-0.3, -0.25) is 0 Å². The molecule has 0 spiro atoms. The molecular weight excluding hydrogens is 172 g/mol. The Hall–Kier alpha value is -0.200. The smallest absolute Gasteiger partial charge is 0.0947 e. The fourth-order valence-electron chi connectivity index (χ4n) is 1.13. The molecule has 0 aliphatic heterocycles.